The molecule has 5 nitrogen and oxygen atoms in total. The average Bonchev–Trinajstić information content (AvgIpc) is 3.13. The van der Waals surface area contributed by atoms with Crippen LogP contribution in [0.25, 0.3) is 0 Å². The van der Waals surface area contributed by atoms with Crippen LogP contribution in [0.4, 0.5) is 0 Å². The van der Waals surface area contributed by atoms with Crippen molar-refractivity contribution in [1.29, 1.82) is 0 Å². The number of hydrogen-bond acceptors (Lipinski definition) is 4. The van der Waals surface area contributed by atoms with Crippen LogP contribution in [0, 0.1) is 0 Å². The largest absolute Gasteiger partial charge is 0.359 e. The normalized spacial score (nSPS) is 19.2. The van der Waals surface area contributed by atoms with Crippen molar-refractivity contribution < 1.29 is 4.52 Å². The Morgan fingerprint density at radius 1 is 1.52 bits per heavy atom. The Bertz CT molecular complexity index is 452. The molecule has 1 unspecified atom stereocenters. The molecule has 0 aliphatic carbocycles. The van der Waals surface area contributed by atoms with Gasteiger partial charge in [0, 0.05) is 24.4 Å². The van der Waals surface area contributed by atoms with Crippen molar-refractivity contribution in [2.75, 3.05) is 18.8 Å². The van der Waals surface area contributed by atoms with Gasteiger partial charge >= 0.3 is 0 Å². The predicted molar refractivity (Wildman–Crippen MR) is 88.9 cm³/mol. The van der Waals surface area contributed by atoms with E-state index in [1.165, 1.54) is 18.6 Å². The van der Waals surface area contributed by atoms with Crippen LogP contribution < -0.4 is 10.6 Å². The van der Waals surface area contributed by atoms with Gasteiger partial charge in [0.25, 0.3) is 0 Å². The van der Waals surface area contributed by atoms with Gasteiger partial charge in [-0.05, 0) is 31.4 Å². The third-order valence-corrected chi connectivity index (χ3v) is 4.83. The van der Waals surface area contributed by atoms with Crippen LogP contribution in [0.5, 0.6) is 0 Å². The molecular formula is C15H26N4OS. The second kappa shape index (κ2) is 8.32. The van der Waals surface area contributed by atoms with Crippen LogP contribution in [0.2, 0.25) is 0 Å². The molecular weight excluding hydrogens is 284 g/mol. The summed E-state index contributed by atoms with van der Waals surface area (Å²) < 4.78 is 5.32. The molecule has 0 bridgehead atoms. The van der Waals surface area contributed by atoms with E-state index in [-0.39, 0.29) is 0 Å². The summed E-state index contributed by atoms with van der Waals surface area (Å²) in [6, 6.07) is 1.99. The number of nitrogens with one attached hydrogen (secondary N) is 2. The highest BCUT2D eigenvalue weighted by atomic mass is 32.2. The first-order valence-corrected chi connectivity index (χ1v) is 8.83. The fourth-order valence-electron chi connectivity index (χ4n) is 2.19. The van der Waals surface area contributed by atoms with Crippen LogP contribution in [-0.2, 0) is 6.54 Å². The molecule has 0 amide bonds. The van der Waals surface area contributed by atoms with Crippen molar-refractivity contribution in [2.45, 2.75) is 51.3 Å². The first-order chi connectivity index (χ1) is 10.2. The lowest BCUT2D eigenvalue weighted by Crippen LogP contribution is -2.40. The summed E-state index contributed by atoms with van der Waals surface area (Å²) >= 11 is 2.05. The molecule has 2 rings (SSSR count). The molecule has 21 heavy (non-hydrogen) atoms. The molecule has 1 aromatic heterocycles. The van der Waals surface area contributed by atoms with Crippen molar-refractivity contribution in [3.8, 4) is 0 Å². The van der Waals surface area contributed by atoms with Gasteiger partial charge in [-0.3, -0.25) is 0 Å². The van der Waals surface area contributed by atoms with E-state index in [4.69, 9.17) is 4.52 Å². The molecule has 2 N–H and O–H groups in total. The lowest BCUT2D eigenvalue weighted by molar-refractivity contribution is 0.376. The molecule has 0 spiro atoms. The predicted octanol–water partition coefficient (Wildman–Crippen LogP) is 2.75. The SMILES string of the molecule is CCNC(=NCc1cc(C(C)C)no1)NCC1CCCS1. The number of guanidine groups is 1. The van der Waals surface area contributed by atoms with Gasteiger partial charge in [0.2, 0.25) is 0 Å². The maximum Gasteiger partial charge on any atom is 0.191 e. The van der Waals surface area contributed by atoms with E-state index < -0.39 is 0 Å². The third-order valence-electron chi connectivity index (χ3n) is 3.43. The number of hydrogen-bond donors (Lipinski definition) is 2. The minimum absolute atomic E-state index is 0.386. The molecule has 1 aliphatic heterocycles. The number of thioether (sulfide) groups is 1. The molecule has 1 aliphatic rings. The molecule has 0 saturated carbocycles. The fraction of sp³-hybridized carbons (Fsp3) is 0.733. The second-order valence-electron chi connectivity index (χ2n) is 5.58. The van der Waals surface area contributed by atoms with Gasteiger partial charge in [0.1, 0.15) is 6.54 Å². The average molecular weight is 310 g/mol. The zero-order valence-electron chi connectivity index (χ0n) is 13.2. The van der Waals surface area contributed by atoms with Crippen molar-refractivity contribution >= 4 is 17.7 Å². The standard InChI is InChI=1S/C15H26N4OS/c1-4-16-15(18-10-13-6-5-7-21-13)17-9-12-8-14(11(2)3)19-20-12/h8,11,13H,4-7,9-10H2,1-3H3,(H2,16,17,18). The van der Waals surface area contributed by atoms with Crippen molar-refractivity contribution in [2.24, 2.45) is 4.99 Å². The first kappa shape index (κ1) is 16.2. The van der Waals surface area contributed by atoms with Crippen LogP contribution in [0.3, 0.4) is 0 Å². The third kappa shape index (κ3) is 5.26. The molecule has 1 aromatic rings. The Morgan fingerprint density at radius 3 is 3.00 bits per heavy atom. The summed E-state index contributed by atoms with van der Waals surface area (Å²) in [5, 5.41) is 11.5. The number of rotatable bonds is 6. The minimum atomic E-state index is 0.386. The summed E-state index contributed by atoms with van der Waals surface area (Å²) in [6.07, 6.45) is 2.64. The lowest BCUT2D eigenvalue weighted by Gasteiger charge is -2.14. The minimum Gasteiger partial charge on any atom is -0.359 e. The molecule has 1 atom stereocenters. The smallest absolute Gasteiger partial charge is 0.191 e. The van der Waals surface area contributed by atoms with Gasteiger partial charge in [0.05, 0.1) is 5.69 Å². The Hall–Kier alpha value is -1.17. The van der Waals surface area contributed by atoms with Gasteiger partial charge in [-0.15, -0.1) is 0 Å². The Morgan fingerprint density at radius 2 is 2.38 bits per heavy atom. The highest BCUT2D eigenvalue weighted by Gasteiger charge is 2.15. The van der Waals surface area contributed by atoms with Crippen molar-refractivity contribution in [3.63, 3.8) is 0 Å². The Kier molecular flexibility index (Phi) is 6.42. The summed E-state index contributed by atoms with van der Waals surface area (Å²) in [4.78, 5) is 4.57. The highest BCUT2D eigenvalue weighted by molar-refractivity contribution is 8.00. The topological polar surface area (TPSA) is 62.5 Å². The molecule has 1 saturated heterocycles. The molecule has 118 valence electrons. The van der Waals surface area contributed by atoms with Gasteiger partial charge in [-0.1, -0.05) is 19.0 Å². The molecule has 1 fully saturated rings. The van der Waals surface area contributed by atoms with E-state index in [2.05, 4.69) is 41.6 Å². The van der Waals surface area contributed by atoms with Crippen molar-refractivity contribution in [3.05, 3.63) is 17.5 Å². The van der Waals surface area contributed by atoms with E-state index in [1.807, 2.05) is 17.8 Å². The first-order valence-electron chi connectivity index (χ1n) is 7.78. The summed E-state index contributed by atoms with van der Waals surface area (Å²) in [5.74, 6) is 3.34. The zero-order chi connectivity index (χ0) is 15.1. The van der Waals surface area contributed by atoms with E-state index in [0.29, 0.717) is 17.7 Å². The second-order valence-corrected chi connectivity index (χ2v) is 6.99. The summed E-state index contributed by atoms with van der Waals surface area (Å²) in [7, 11) is 0. The maximum absolute atomic E-state index is 5.32. The van der Waals surface area contributed by atoms with E-state index in [1.54, 1.807) is 0 Å². The van der Waals surface area contributed by atoms with Gasteiger partial charge < -0.3 is 15.2 Å². The number of aromatic nitrogens is 1. The van der Waals surface area contributed by atoms with Crippen LogP contribution in [-0.4, -0.2) is 35.2 Å². The molecule has 6 heteroatoms. The quantitative estimate of drug-likeness (QED) is 0.625. The lowest BCUT2D eigenvalue weighted by atomic mass is 10.1. The molecule has 0 aromatic carbocycles. The van der Waals surface area contributed by atoms with E-state index in [0.717, 1.165) is 30.5 Å². The van der Waals surface area contributed by atoms with Crippen LogP contribution in [0.1, 0.15) is 51.0 Å². The fourth-order valence-corrected chi connectivity index (χ4v) is 3.39. The van der Waals surface area contributed by atoms with Crippen molar-refractivity contribution in [1.82, 2.24) is 15.8 Å². The monoisotopic (exact) mass is 310 g/mol. The number of nitrogens with zero attached hydrogens (tertiary/aromatic N) is 2. The summed E-state index contributed by atoms with van der Waals surface area (Å²) in [6.45, 7) is 8.65. The van der Waals surface area contributed by atoms with E-state index >= 15 is 0 Å². The highest BCUT2D eigenvalue weighted by Crippen LogP contribution is 2.25. The summed E-state index contributed by atoms with van der Waals surface area (Å²) in [5.41, 5.74) is 0.987. The Balaban J connectivity index is 1.86. The van der Waals surface area contributed by atoms with Gasteiger partial charge in [-0.2, -0.15) is 11.8 Å². The van der Waals surface area contributed by atoms with Crippen LogP contribution >= 0.6 is 11.8 Å². The Labute approximate surface area is 131 Å². The van der Waals surface area contributed by atoms with Crippen LogP contribution in [0.15, 0.2) is 15.6 Å². The number of aliphatic imine (C=N–C) groups is 1. The van der Waals surface area contributed by atoms with E-state index in [9.17, 15) is 0 Å². The van der Waals surface area contributed by atoms with Gasteiger partial charge in [-0.25, -0.2) is 4.99 Å². The molecule has 2 heterocycles. The van der Waals surface area contributed by atoms with Gasteiger partial charge in [0.15, 0.2) is 11.7 Å². The molecule has 0 radical (unpaired) electrons. The zero-order valence-corrected chi connectivity index (χ0v) is 14.0. The maximum atomic E-state index is 5.32.